The van der Waals surface area contributed by atoms with Crippen LogP contribution < -0.4 is 15.4 Å². The average Bonchev–Trinajstić information content (AvgIpc) is 3.38. The molecular formula is C22H24N6O2. The molecule has 0 bridgehead atoms. The number of aromatic nitrogens is 1. The Bertz CT molecular complexity index is 1070. The monoisotopic (exact) mass is 404 g/mol. The Morgan fingerprint density at radius 1 is 1.10 bits per heavy atom. The number of nitrogens with zero attached hydrogens (tertiary/aromatic N) is 5. The van der Waals surface area contributed by atoms with Crippen LogP contribution in [0.2, 0.25) is 0 Å². The molecule has 154 valence electrons. The van der Waals surface area contributed by atoms with E-state index >= 15 is 0 Å². The lowest BCUT2D eigenvalue weighted by Crippen LogP contribution is -2.37. The number of amides is 1. The molecule has 0 radical (unpaired) electrons. The summed E-state index contributed by atoms with van der Waals surface area (Å²) in [7, 11) is 0. The smallest absolute Gasteiger partial charge is 0.298 e. The van der Waals surface area contributed by atoms with Gasteiger partial charge in [0.25, 0.3) is 11.9 Å². The minimum atomic E-state index is 0.0250. The molecule has 5 rings (SSSR count). The molecule has 2 aliphatic heterocycles. The topological polar surface area (TPSA) is 77.2 Å². The predicted octanol–water partition coefficient (Wildman–Crippen LogP) is 2.80. The van der Waals surface area contributed by atoms with Crippen LogP contribution >= 0.6 is 0 Å². The van der Waals surface area contributed by atoms with E-state index in [4.69, 9.17) is 4.42 Å². The van der Waals surface area contributed by atoms with Crippen LogP contribution in [0.25, 0.3) is 11.1 Å². The van der Waals surface area contributed by atoms with Gasteiger partial charge in [0, 0.05) is 32.4 Å². The molecule has 0 aliphatic carbocycles. The number of carbonyl (C=O) groups is 1. The average molecular weight is 404 g/mol. The summed E-state index contributed by atoms with van der Waals surface area (Å²) < 4.78 is 5.93. The molecule has 0 saturated carbocycles. The molecule has 8 nitrogen and oxygen atoms in total. The van der Waals surface area contributed by atoms with Crippen molar-refractivity contribution in [2.75, 3.05) is 42.7 Å². The summed E-state index contributed by atoms with van der Waals surface area (Å²) >= 11 is 0. The Balaban J connectivity index is 1.35. The molecule has 0 atom stereocenters. The summed E-state index contributed by atoms with van der Waals surface area (Å²) in [5, 5.41) is 5.99. The van der Waals surface area contributed by atoms with Crippen LogP contribution in [-0.4, -0.2) is 54.7 Å². The molecule has 1 aromatic heterocycles. The van der Waals surface area contributed by atoms with E-state index in [2.05, 4.69) is 20.4 Å². The maximum absolute atomic E-state index is 13.4. The third kappa shape index (κ3) is 3.50. The third-order valence-corrected chi connectivity index (χ3v) is 5.48. The fourth-order valence-corrected chi connectivity index (χ4v) is 3.92. The van der Waals surface area contributed by atoms with E-state index in [9.17, 15) is 4.79 Å². The zero-order valence-corrected chi connectivity index (χ0v) is 16.9. The van der Waals surface area contributed by atoms with E-state index in [-0.39, 0.29) is 5.91 Å². The van der Waals surface area contributed by atoms with Gasteiger partial charge in [-0.15, -0.1) is 0 Å². The number of hydrazine groups is 1. The molecule has 0 spiro atoms. The van der Waals surface area contributed by atoms with E-state index < -0.39 is 0 Å². The van der Waals surface area contributed by atoms with Crippen LogP contribution in [0.4, 0.5) is 11.7 Å². The molecule has 3 heterocycles. The fourth-order valence-electron chi connectivity index (χ4n) is 3.92. The Kier molecular flexibility index (Phi) is 4.84. The van der Waals surface area contributed by atoms with Crippen LogP contribution in [0.15, 0.2) is 52.0 Å². The van der Waals surface area contributed by atoms with Gasteiger partial charge in [-0.3, -0.25) is 4.79 Å². The number of nitrogens with one attached hydrogen (secondary N) is 1. The number of hydrogen-bond acceptors (Lipinski definition) is 7. The minimum absolute atomic E-state index is 0.0250. The van der Waals surface area contributed by atoms with E-state index in [0.29, 0.717) is 37.8 Å². The number of hydrogen-bond donors (Lipinski definition) is 1. The maximum atomic E-state index is 13.4. The molecule has 1 amide bonds. The van der Waals surface area contributed by atoms with E-state index in [1.807, 2.05) is 54.3 Å². The second-order valence-corrected chi connectivity index (χ2v) is 7.59. The van der Waals surface area contributed by atoms with Crippen molar-refractivity contribution in [3.8, 4) is 0 Å². The van der Waals surface area contributed by atoms with Crippen LogP contribution in [0, 0.1) is 6.92 Å². The van der Waals surface area contributed by atoms with Crippen molar-refractivity contribution in [2.24, 2.45) is 5.10 Å². The Hall–Kier alpha value is -3.39. The van der Waals surface area contributed by atoms with Gasteiger partial charge in [-0.05, 0) is 37.6 Å². The standard InChI is InChI=1S/C22H24N6O2/c1-16-7-8-19(28-23-9-10-24-28)17(15-16)21(29)26-11-4-12-27(14-13-26)22-25-18-5-2-3-6-20(18)30-22/h2-3,5-9,15,24H,4,10-14H2,1H3. The predicted molar refractivity (Wildman–Crippen MR) is 117 cm³/mol. The van der Waals surface area contributed by atoms with Crippen molar-refractivity contribution < 1.29 is 9.21 Å². The zero-order valence-electron chi connectivity index (χ0n) is 16.9. The molecule has 3 aromatic rings. The highest BCUT2D eigenvalue weighted by molar-refractivity contribution is 6.00. The first-order valence-electron chi connectivity index (χ1n) is 10.3. The Morgan fingerprint density at radius 2 is 2.00 bits per heavy atom. The molecule has 2 aliphatic rings. The van der Waals surface area contributed by atoms with Crippen molar-refractivity contribution in [1.82, 2.24) is 15.3 Å². The molecule has 1 fully saturated rings. The van der Waals surface area contributed by atoms with Gasteiger partial charge in [-0.25, -0.2) is 5.43 Å². The van der Waals surface area contributed by atoms with E-state index in [0.717, 1.165) is 35.3 Å². The van der Waals surface area contributed by atoms with Gasteiger partial charge >= 0.3 is 0 Å². The summed E-state index contributed by atoms with van der Waals surface area (Å²) in [4.78, 5) is 22.1. The quantitative estimate of drug-likeness (QED) is 0.723. The van der Waals surface area contributed by atoms with Gasteiger partial charge in [0.1, 0.15) is 5.52 Å². The van der Waals surface area contributed by atoms with Crippen molar-refractivity contribution in [2.45, 2.75) is 13.3 Å². The van der Waals surface area contributed by atoms with Gasteiger partial charge in [-0.2, -0.15) is 15.2 Å². The highest BCUT2D eigenvalue weighted by atomic mass is 16.4. The first kappa shape index (κ1) is 18.6. The molecule has 2 aromatic carbocycles. The number of aryl methyl sites for hydroxylation is 1. The van der Waals surface area contributed by atoms with Crippen LogP contribution in [0.5, 0.6) is 0 Å². The van der Waals surface area contributed by atoms with E-state index in [1.54, 1.807) is 11.3 Å². The summed E-state index contributed by atoms with van der Waals surface area (Å²) in [6, 6.07) is 14.3. The number of carbonyl (C=O) groups excluding carboxylic acids is 1. The number of oxazole rings is 1. The van der Waals surface area contributed by atoms with Crippen LogP contribution in [-0.2, 0) is 0 Å². The molecule has 8 heteroatoms. The van der Waals surface area contributed by atoms with Gasteiger partial charge in [-0.1, -0.05) is 23.8 Å². The number of benzene rings is 2. The fraction of sp³-hybridized carbons (Fsp3) is 0.318. The van der Waals surface area contributed by atoms with Gasteiger partial charge in [0.2, 0.25) is 0 Å². The molecule has 30 heavy (non-hydrogen) atoms. The number of hydrazone groups is 1. The molecule has 0 unspecified atom stereocenters. The van der Waals surface area contributed by atoms with Crippen molar-refractivity contribution in [1.29, 1.82) is 0 Å². The van der Waals surface area contributed by atoms with Crippen molar-refractivity contribution >= 4 is 34.9 Å². The lowest BCUT2D eigenvalue weighted by Gasteiger charge is -2.24. The van der Waals surface area contributed by atoms with Crippen molar-refractivity contribution in [3.05, 3.63) is 53.6 Å². The first-order chi connectivity index (χ1) is 14.7. The minimum Gasteiger partial charge on any atom is -0.423 e. The number of rotatable bonds is 3. The normalized spacial score (nSPS) is 17.0. The molecule has 1 N–H and O–H groups in total. The highest BCUT2D eigenvalue weighted by Crippen LogP contribution is 2.26. The first-order valence-corrected chi connectivity index (χ1v) is 10.3. The van der Waals surface area contributed by atoms with Crippen LogP contribution in [0.1, 0.15) is 22.3 Å². The van der Waals surface area contributed by atoms with E-state index in [1.165, 1.54) is 0 Å². The number of anilines is 2. The molecular weight excluding hydrogens is 380 g/mol. The second kappa shape index (κ2) is 7.79. The maximum Gasteiger partial charge on any atom is 0.298 e. The lowest BCUT2D eigenvalue weighted by molar-refractivity contribution is 0.0767. The Labute approximate surface area is 174 Å². The summed E-state index contributed by atoms with van der Waals surface area (Å²) in [6.45, 7) is 5.44. The van der Waals surface area contributed by atoms with Gasteiger partial charge < -0.3 is 14.2 Å². The van der Waals surface area contributed by atoms with Gasteiger partial charge in [0.15, 0.2) is 5.58 Å². The van der Waals surface area contributed by atoms with Gasteiger partial charge in [0.05, 0.1) is 17.8 Å². The van der Waals surface area contributed by atoms with Crippen LogP contribution in [0.3, 0.4) is 0 Å². The number of fused-ring (bicyclic) bond motifs is 1. The lowest BCUT2D eigenvalue weighted by atomic mass is 10.1. The summed E-state index contributed by atoms with van der Waals surface area (Å²) in [5.74, 6) is 0.0250. The zero-order chi connectivity index (χ0) is 20.5. The van der Waals surface area contributed by atoms with Crippen molar-refractivity contribution in [3.63, 3.8) is 0 Å². The highest BCUT2D eigenvalue weighted by Gasteiger charge is 2.26. The number of para-hydroxylation sites is 2. The SMILES string of the molecule is Cc1ccc(N2N=CCN2)c(C(=O)N2CCCN(c3nc4ccccc4o3)CC2)c1. The third-order valence-electron chi connectivity index (χ3n) is 5.48. The largest absolute Gasteiger partial charge is 0.423 e. The molecule has 1 saturated heterocycles. The Morgan fingerprint density at radius 3 is 2.83 bits per heavy atom. The second-order valence-electron chi connectivity index (χ2n) is 7.59. The summed E-state index contributed by atoms with van der Waals surface area (Å²) in [5.41, 5.74) is 7.29. The summed E-state index contributed by atoms with van der Waals surface area (Å²) in [6.07, 6.45) is 2.64.